The summed E-state index contributed by atoms with van der Waals surface area (Å²) in [6.07, 6.45) is 5.07. The number of benzene rings is 1. The molecule has 1 amide bonds. The van der Waals surface area contributed by atoms with E-state index in [9.17, 15) is 14.9 Å². The molecule has 17 heavy (non-hydrogen) atoms. The van der Waals surface area contributed by atoms with Gasteiger partial charge in [-0.3, -0.25) is 14.9 Å². The van der Waals surface area contributed by atoms with Gasteiger partial charge in [0.05, 0.1) is 16.5 Å². The van der Waals surface area contributed by atoms with Crippen LogP contribution >= 0.6 is 11.6 Å². The average molecular weight is 253 g/mol. The van der Waals surface area contributed by atoms with E-state index in [1.54, 1.807) is 0 Å². The molecule has 0 bridgehead atoms. The Morgan fingerprint density at radius 2 is 2.29 bits per heavy atom. The molecule has 0 atom stereocenters. The van der Waals surface area contributed by atoms with Gasteiger partial charge in [-0.25, -0.2) is 0 Å². The molecular formula is C11H9ClN2O3. The van der Waals surface area contributed by atoms with Crippen molar-refractivity contribution in [3.63, 3.8) is 0 Å². The fraction of sp³-hybridized carbons (Fsp3) is 0.182. The van der Waals surface area contributed by atoms with Crippen LogP contribution in [0, 0.1) is 22.5 Å². The number of carbonyl (C=O) groups excluding carboxylic acids is 1. The average Bonchev–Trinajstić information content (AvgIpc) is 2.28. The first-order valence-corrected chi connectivity index (χ1v) is 4.98. The summed E-state index contributed by atoms with van der Waals surface area (Å²) in [7, 11) is 1.45. The molecule has 0 unspecified atom stereocenters. The quantitative estimate of drug-likeness (QED) is 0.469. The third kappa shape index (κ3) is 2.74. The molecule has 1 aromatic carbocycles. The van der Waals surface area contributed by atoms with E-state index in [1.165, 1.54) is 30.1 Å². The molecule has 5 nitrogen and oxygen atoms in total. The number of nitrogens with zero attached hydrogens (tertiary/aromatic N) is 2. The van der Waals surface area contributed by atoms with Gasteiger partial charge >= 0.3 is 0 Å². The summed E-state index contributed by atoms with van der Waals surface area (Å²) in [5.74, 6) is 1.71. The highest BCUT2D eigenvalue weighted by molar-refractivity contribution is 6.34. The molecule has 0 aliphatic rings. The monoisotopic (exact) mass is 252 g/mol. The second kappa shape index (κ2) is 5.32. The van der Waals surface area contributed by atoms with Gasteiger partial charge in [-0.15, -0.1) is 6.42 Å². The van der Waals surface area contributed by atoms with E-state index in [-0.39, 0.29) is 22.8 Å². The minimum Gasteiger partial charge on any atom is -0.330 e. The SMILES string of the molecule is C#CCN(C)C(=O)c1c(Cl)cccc1[N+](=O)[O-]. The van der Waals surface area contributed by atoms with Crippen molar-refractivity contribution in [2.45, 2.75) is 0 Å². The van der Waals surface area contributed by atoms with Gasteiger partial charge in [-0.2, -0.15) is 0 Å². The van der Waals surface area contributed by atoms with Gasteiger partial charge in [0.1, 0.15) is 5.56 Å². The first-order chi connectivity index (χ1) is 7.99. The minimum absolute atomic E-state index is 0.0353. The zero-order valence-corrected chi connectivity index (χ0v) is 9.77. The van der Waals surface area contributed by atoms with Crippen LogP contribution in [0.4, 0.5) is 5.69 Å². The molecule has 0 aromatic heterocycles. The lowest BCUT2D eigenvalue weighted by Crippen LogP contribution is -2.27. The van der Waals surface area contributed by atoms with E-state index < -0.39 is 10.8 Å². The lowest BCUT2D eigenvalue weighted by molar-refractivity contribution is -0.385. The molecule has 0 spiro atoms. The third-order valence-corrected chi connectivity index (χ3v) is 2.39. The largest absolute Gasteiger partial charge is 0.330 e. The molecule has 0 aliphatic heterocycles. The summed E-state index contributed by atoms with van der Waals surface area (Å²) in [6, 6.07) is 4.06. The van der Waals surface area contributed by atoms with Gasteiger partial charge in [0.2, 0.25) is 0 Å². The summed E-state index contributed by atoms with van der Waals surface area (Å²) in [6.45, 7) is 0.0568. The first kappa shape index (κ1) is 13.0. The van der Waals surface area contributed by atoms with Crippen LogP contribution < -0.4 is 0 Å². The summed E-state index contributed by atoms with van der Waals surface area (Å²) in [5, 5.41) is 10.8. The molecule has 0 radical (unpaired) electrons. The molecule has 6 heteroatoms. The smallest absolute Gasteiger partial charge is 0.283 e. The molecule has 0 aliphatic carbocycles. The molecule has 1 rings (SSSR count). The highest BCUT2D eigenvalue weighted by Crippen LogP contribution is 2.27. The summed E-state index contributed by atoms with van der Waals surface area (Å²) >= 11 is 5.81. The number of halogens is 1. The Labute approximate surface area is 103 Å². The highest BCUT2D eigenvalue weighted by Gasteiger charge is 2.25. The van der Waals surface area contributed by atoms with E-state index in [4.69, 9.17) is 18.0 Å². The summed E-state index contributed by atoms with van der Waals surface area (Å²) in [5.41, 5.74) is -0.469. The van der Waals surface area contributed by atoms with Crippen LogP contribution in [0.5, 0.6) is 0 Å². The van der Waals surface area contributed by atoms with Crippen molar-refractivity contribution >= 4 is 23.2 Å². The van der Waals surface area contributed by atoms with Gasteiger partial charge in [0.25, 0.3) is 11.6 Å². The molecule has 0 fully saturated rings. The molecular weight excluding hydrogens is 244 g/mol. The number of hydrogen-bond donors (Lipinski definition) is 0. The molecule has 0 saturated carbocycles. The lowest BCUT2D eigenvalue weighted by Gasteiger charge is -2.14. The van der Waals surface area contributed by atoms with E-state index in [2.05, 4.69) is 5.92 Å². The van der Waals surface area contributed by atoms with Gasteiger partial charge < -0.3 is 4.90 Å². The van der Waals surface area contributed by atoms with Crippen LogP contribution in [0.1, 0.15) is 10.4 Å². The lowest BCUT2D eigenvalue weighted by atomic mass is 10.1. The van der Waals surface area contributed by atoms with Crippen LogP contribution in [0.3, 0.4) is 0 Å². The molecule has 0 N–H and O–H groups in total. The maximum Gasteiger partial charge on any atom is 0.283 e. The van der Waals surface area contributed by atoms with E-state index in [0.717, 1.165) is 0 Å². The Balaban J connectivity index is 3.26. The zero-order valence-electron chi connectivity index (χ0n) is 9.01. The fourth-order valence-electron chi connectivity index (χ4n) is 1.28. The van der Waals surface area contributed by atoms with Crippen LogP contribution in [0.2, 0.25) is 5.02 Å². The third-order valence-electron chi connectivity index (χ3n) is 2.08. The Hall–Kier alpha value is -2.06. The molecule has 0 heterocycles. The normalized spacial score (nSPS) is 9.47. The Morgan fingerprint density at radius 3 is 2.82 bits per heavy atom. The Kier molecular flexibility index (Phi) is 4.07. The van der Waals surface area contributed by atoms with Crippen LogP contribution in [-0.2, 0) is 0 Å². The molecule has 1 aromatic rings. The van der Waals surface area contributed by atoms with E-state index in [1.807, 2.05) is 0 Å². The van der Waals surface area contributed by atoms with Crippen LogP contribution in [0.15, 0.2) is 18.2 Å². The topological polar surface area (TPSA) is 63.5 Å². The van der Waals surface area contributed by atoms with Crippen LogP contribution in [0.25, 0.3) is 0 Å². The second-order valence-electron chi connectivity index (χ2n) is 3.26. The minimum atomic E-state index is -0.650. The van der Waals surface area contributed by atoms with Crippen molar-refractivity contribution < 1.29 is 9.72 Å². The summed E-state index contributed by atoms with van der Waals surface area (Å²) in [4.78, 5) is 23.3. The Morgan fingerprint density at radius 1 is 1.65 bits per heavy atom. The van der Waals surface area contributed by atoms with Gasteiger partial charge in [-0.1, -0.05) is 23.6 Å². The second-order valence-corrected chi connectivity index (χ2v) is 3.66. The highest BCUT2D eigenvalue weighted by atomic mass is 35.5. The van der Waals surface area contributed by atoms with E-state index in [0.29, 0.717) is 0 Å². The number of nitro benzene ring substituents is 1. The van der Waals surface area contributed by atoms with Gasteiger partial charge in [-0.05, 0) is 6.07 Å². The van der Waals surface area contributed by atoms with Crippen molar-refractivity contribution in [2.24, 2.45) is 0 Å². The summed E-state index contributed by atoms with van der Waals surface area (Å²) < 4.78 is 0. The number of rotatable bonds is 3. The number of carbonyl (C=O) groups is 1. The standard InChI is InChI=1S/C11H9ClN2O3/c1-3-7-13(2)11(15)10-8(12)5-4-6-9(10)14(16)17/h1,4-6H,7H2,2H3. The molecule has 88 valence electrons. The van der Waals surface area contributed by atoms with Gasteiger partial charge in [0.15, 0.2) is 0 Å². The van der Waals surface area contributed by atoms with Gasteiger partial charge in [0, 0.05) is 13.1 Å². The maximum absolute atomic E-state index is 11.9. The zero-order chi connectivity index (χ0) is 13.0. The van der Waals surface area contributed by atoms with E-state index >= 15 is 0 Å². The maximum atomic E-state index is 11.9. The van der Waals surface area contributed by atoms with Crippen molar-refractivity contribution in [3.05, 3.63) is 38.9 Å². The number of hydrogen-bond acceptors (Lipinski definition) is 3. The van der Waals surface area contributed by atoms with Crippen molar-refractivity contribution in [1.29, 1.82) is 0 Å². The number of amides is 1. The predicted molar refractivity (Wildman–Crippen MR) is 63.9 cm³/mol. The van der Waals surface area contributed by atoms with Crippen molar-refractivity contribution in [3.8, 4) is 12.3 Å². The Bertz CT molecular complexity index is 508. The first-order valence-electron chi connectivity index (χ1n) is 4.61. The predicted octanol–water partition coefficient (Wildman–Crippen LogP) is 1.95. The number of terminal acetylenes is 1. The van der Waals surface area contributed by atoms with Crippen molar-refractivity contribution in [1.82, 2.24) is 4.90 Å². The molecule has 0 saturated heterocycles. The van der Waals surface area contributed by atoms with Crippen LogP contribution in [-0.4, -0.2) is 29.3 Å². The fourth-order valence-corrected chi connectivity index (χ4v) is 1.53. The number of nitro groups is 1. The van der Waals surface area contributed by atoms with Crippen molar-refractivity contribution in [2.75, 3.05) is 13.6 Å².